The molecule has 1 aromatic rings. The number of esters is 1. The summed E-state index contributed by atoms with van der Waals surface area (Å²) in [5, 5.41) is 8.82. The molecule has 1 amide bonds. The van der Waals surface area contributed by atoms with Gasteiger partial charge in [-0.05, 0) is 24.0 Å². The molecular weight excluding hydrogens is 258 g/mol. The summed E-state index contributed by atoms with van der Waals surface area (Å²) in [6.45, 7) is 1.10. The van der Waals surface area contributed by atoms with Crippen molar-refractivity contribution in [3.63, 3.8) is 0 Å². The lowest BCUT2D eigenvalue weighted by molar-refractivity contribution is -0.143. The summed E-state index contributed by atoms with van der Waals surface area (Å²) in [7, 11) is 1.42. The van der Waals surface area contributed by atoms with Crippen LogP contribution < -0.4 is 0 Å². The zero-order valence-electron chi connectivity index (χ0n) is 11.3. The molecule has 0 bridgehead atoms. The first-order chi connectivity index (χ1) is 9.56. The Bertz CT molecular complexity index is 541. The molecule has 1 saturated heterocycles. The number of likely N-dealkylation sites (tertiary alicyclic amines) is 1. The molecule has 0 unspecified atom stereocenters. The predicted octanol–water partition coefficient (Wildman–Crippen LogP) is 1.97. The molecule has 2 fully saturated rings. The minimum absolute atomic E-state index is 0.161. The standard InChI is InChI=1S/C15H17NO4/c1-20-13(17)15(6-7-15)12-4-2-10(3-5-12)11-8-16(9-11)14(18)19/h2-5,11H,6-9H2,1H3,(H,18,19). The number of nitrogens with zero attached hydrogens (tertiary/aromatic N) is 1. The lowest BCUT2D eigenvalue weighted by atomic mass is 9.88. The topological polar surface area (TPSA) is 66.8 Å². The van der Waals surface area contributed by atoms with E-state index in [1.807, 2.05) is 24.3 Å². The van der Waals surface area contributed by atoms with E-state index >= 15 is 0 Å². The molecule has 0 atom stereocenters. The van der Waals surface area contributed by atoms with Crippen molar-refractivity contribution in [2.24, 2.45) is 0 Å². The predicted molar refractivity (Wildman–Crippen MR) is 71.7 cm³/mol. The molecule has 1 saturated carbocycles. The molecule has 5 heteroatoms. The SMILES string of the molecule is COC(=O)C1(c2ccc(C3CN(C(=O)O)C3)cc2)CC1. The van der Waals surface area contributed by atoms with E-state index in [0.29, 0.717) is 13.1 Å². The van der Waals surface area contributed by atoms with Crippen molar-refractivity contribution in [3.8, 4) is 0 Å². The third kappa shape index (κ3) is 1.94. The van der Waals surface area contributed by atoms with Gasteiger partial charge in [-0.15, -0.1) is 0 Å². The van der Waals surface area contributed by atoms with Gasteiger partial charge in [0.25, 0.3) is 0 Å². The van der Waals surface area contributed by atoms with Gasteiger partial charge in [0.2, 0.25) is 0 Å². The van der Waals surface area contributed by atoms with E-state index < -0.39 is 11.5 Å². The lowest BCUT2D eigenvalue weighted by Crippen LogP contribution is -2.47. The summed E-state index contributed by atoms with van der Waals surface area (Å²) in [6.07, 6.45) is 0.824. The maximum Gasteiger partial charge on any atom is 0.407 e. The Morgan fingerprint density at radius 3 is 2.30 bits per heavy atom. The highest BCUT2D eigenvalue weighted by Gasteiger charge is 2.52. The van der Waals surface area contributed by atoms with E-state index in [9.17, 15) is 9.59 Å². The second-order valence-corrected chi connectivity index (χ2v) is 5.58. The minimum atomic E-state index is -0.861. The summed E-state index contributed by atoms with van der Waals surface area (Å²) in [5.41, 5.74) is 1.70. The molecule has 20 heavy (non-hydrogen) atoms. The number of carboxylic acid groups (broad SMARTS) is 1. The van der Waals surface area contributed by atoms with E-state index in [1.165, 1.54) is 12.0 Å². The first-order valence-corrected chi connectivity index (χ1v) is 6.73. The van der Waals surface area contributed by atoms with Crippen LogP contribution in [0, 0.1) is 0 Å². The van der Waals surface area contributed by atoms with Crippen molar-refractivity contribution in [3.05, 3.63) is 35.4 Å². The van der Waals surface area contributed by atoms with E-state index in [0.717, 1.165) is 24.0 Å². The van der Waals surface area contributed by atoms with Gasteiger partial charge < -0.3 is 14.7 Å². The number of carbonyl (C=O) groups excluding carboxylic acids is 1. The molecular formula is C15H17NO4. The van der Waals surface area contributed by atoms with Crippen LogP contribution in [0.5, 0.6) is 0 Å². The second-order valence-electron chi connectivity index (χ2n) is 5.58. The van der Waals surface area contributed by atoms with Crippen molar-refractivity contribution in [2.75, 3.05) is 20.2 Å². The van der Waals surface area contributed by atoms with Crippen molar-refractivity contribution in [1.29, 1.82) is 0 Å². The number of carbonyl (C=O) groups is 2. The van der Waals surface area contributed by atoms with Crippen LogP contribution in [-0.4, -0.2) is 42.3 Å². The van der Waals surface area contributed by atoms with Crippen LogP contribution in [0.2, 0.25) is 0 Å². The molecule has 0 radical (unpaired) electrons. The second kappa shape index (κ2) is 4.51. The quantitative estimate of drug-likeness (QED) is 0.856. The molecule has 1 heterocycles. The summed E-state index contributed by atoms with van der Waals surface area (Å²) < 4.78 is 4.87. The largest absolute Gasteiger partial charge is 0.468 e. The van der Waals surface area contributed by atoms with Gasteiger partial charge in [0.05, 0.1) is 12.5 Å². The molecule has 1 aliphatic carbocycles. The molecule has 5 nitrogen and oxygen atoms in total. The van der Waals surface area contributed by atoms with Crippen LogP contribution in [0.3, 0.4) is 0 Å². The van der Waals surface area contributed by atoms with Crippen LogP contribution in [0.15, 0.2) is 24.3 Å². The summed E-state index contributed by atoms with van der Waals surface area (Å²) in [6, 6.07) is 7.95. The fraction of sp³-hybridized carbons (Fsp3) is 0.467. The maximum atomic E-state index is 11.8. The van der Waals surface area contributed by atoms with E-state index in [4.69, 9.17) is 9.84 Å². The first kappa shape index (κ1) is 13.0. The van der Waals surface area contributed by atoms with Gasteiger partial charge in [-0.25, -0.2) is 4.79 Å². The Kier molecular flexibility index (Phi) is 2.92. The molecule has 3 rings (SSSR count). The molecule has 1 aromatic carbocycles. The normalized spacial score (nSPS) is 20.1. The van der Waals surface area contributed by atoms with E-state index in [2.05, 4.69) is 0 Å². The highest BCUT2D eigenvalue weighted by molar-refractivity contribution is 5.86. The summed E-state index contributed by atoms with van der Waals surface area (Å²) in [4.78, 5) is 23.9. The Labute approximate surface area is 117 Å². The van der Waals surface area contributed by atoms with Gasteiger partial charge in [-0.2, -0.15) is 0 Å². The van der Waals surface area contributed by atoms with Crippen molar-refractivity contribution in [2.45, 2.75) is 24.2 Å². The molecule has 1 aliphatic heterocycles. The zero-order chi connectivity index (χ0) is 14.3. The fourth-order valence-corrected chi connectivity index (χ4v) is 2.85. The molecule has 106 valence electrons. The van der Waals surface area contributed by atoms with Crippen LogP contribution in [0.1, 0.15) is 29.9 Å². The molecule has 0 spiro atoms. The smallest absolute Gasteiger partial charge is 0.407 e. The Hall–Kier alpha value is -2.04. The van der Waals surface area contributed by atoms with Crippen molar-refractivity contribution >= 4 is 12.1 Å². The van der Waals surface area contributed by atoms with Gasteiger partial charge in [0, 0.05) is 19.0 Å². The van der Waals surface area contributed by atoms with E-state index in [1.54, 1.807) is 0 Å². The number of rotatable bonds is 3. The van der Waals surface area contributed by atoms with Gasteiger partial charge in [0.15, 0.2) is 0 Å². The van der Waals surface area contributed by atoms with Gasteiger partial charge in [-0.3, -0.25) is 4.79 Å². The van der Waals surface area contributed by atoms with Crippen LogP contribution in [-0.2, 0) is 14.9 Å². The number of hydrogen-bond acceptors (Lipinski definition) is 3. The lowest BCUT2D eigenvalue weighted by Gasteiger charge is -2.37. The first-order valence-electron chi connectivity index (χ1n) is 6.73. The van der Waals surface area contributed by atoms with Crippen LogP contribution in [0.25, 0.3) is 0 Å². The van der Waals surface area contributed by atoms with Crippen molar-refractivity contribution < 1.29 is 19.4 Å². The third-order valence-electron chi connectivity index (χ3n) is 4.41. The average Bonchev–Trinajstić information content (AvgIpc) is 3.18. The fourth-order valence-electron chi connectivity index (χ4n) is 2.85. The number of methoxy groups -OCH3 is 1. The van der Waals surface area contributed by atoms with Crippen molar-refractivity contribution in [1.82, 2.24) is 4.90 Å². The maximum absolute atomic E-state index is 11.8. The number of amides is 1. The zero-order valence-corrected chi connectivity index (χ0v) is 11.3. The summed E-state index contributed by atoms with van der Waals surface area (Å²) in [5.74, 6) is 0.111. The van der Waals surface area contributed by atoms with Crippen LogP contribution >= 0.6 is 0 Å². The molecule has 2 aliphatic rings. The molecule has 1 N–H and O–H groups in total. The summed E-state index contributed by atoms with van der Waals surface area (Å²) >= 11 is 0. The van der Waals surface area contributed by atoms with Gasteiger partial charge >= 0.3 is 12.1 Å². The Morgan fingerprint density at radius 1 is 1.25 bits per heavy atom. The average molecular weight is 275 g/mol. The monoisotopic (exact) mass is 275 g/mol. The van der Waals surface area contributed by atoms with Gasteiger partial charge in [0.1, 0.15) is 0 Å². The molecule has 0 aromatic heterocycles. The Balaban J connectivity index is 1.70. The highest BCUT2D eigenvalue weighted by Crippen LogP contribution is 2.49. The highest BCUT2D eigenvalue weighted by atomic mass is 16.5. The number of benzene rings is 1. The number of ether oxygens (including phenoxy) is 1. The van der Waals surface area contributed by atoms with E-state index in [-0.39, 0.29) is 11.9 Å². The minimum Gasteiger partial charge on any atom is -0.468 e. The van der Waals surface area contributed by atoms with Gasteiger partial charge in [-0.1, -0.05) is 24.3 Å². The van der Waals surface area contributed by atoms with Crippen LogP contribution in [0.4, 0.5) is 4.79 Å². The number of hydrogen-bond donors (Lipinski definition) is 1. The third-order valence-corrected chi connectivity index (χ3v) is 4.41. The Morgan fingerprint density at radius 2 is 1.85 bits per heavy atom.